The van der Waals surface area contributed by atoms with Crippen molar-refractivity contribution in [2.45, 2.75) is 12.5 Å². The Bertz CT molecular complexity index is 899. The van der Waals surface area contributed by atoms with Gasteiger partial charge in [-0.2, -0.15) is 0 Å². The second-order valence-electron chi connectivity index (χ2n) is 5.47. The molecule has 0 amide bonds. The van der Waals surface area contributed by atoms with Crippen LogP contribution in [-0.4, -0.2) is 10.1 Å². The van der Waals surface area contributed by atoms with E-state index < -0.39 is 5.60 Å². The minimum absolute atomic E-state index is 0.938. The van der Waals surface area contributed by atoms with Crippen molar-refractivity contribution in [2.24, 2.45) is 0 Å². The fraction of sp³-hybridized carbons (Fsp3) is 0.111. The van der Waals surface area contributed by atoms with E-state index in [9.17, 15) is 5.11 Å². The zero-order valence-corrected chi connectivity index (χ0v) is 12.4. The van der Waals surface area contributed by atoms with Crippen LogP contribution in [0.5, 0.6) is 0 Å². The Morgan fingerprint density at radius 2 is 1.90 bits per heavy atom. The number of hydrogen-bond donors (Lipinski definition) is 2. The van der Waals surface area contributed by atoms with Gasteiger partial charge in [0.05, 0.1) is 0 Å². The molecule has 1 unspecified atom stereocenters. The fourth-order valence-electron chi connectivity index (χ4n) is 2.86. The lowest BCUT2D eigenvalue weighted by Crippen LogP contribution is -2.21. The summed E-state index contributed by atoms with van der Waals surface area (Å²) in [4.78, 5) is 4.17. The summed E-state index contributed by atoms with van der Waals surface area (Å²) >= 11 is 1.65. The second kappa shape index (κ2) is 4.45. The molecule has 0 aliphatic heterocycles. The van der Waals surface area contributed by atoms with Gasteiger partial charge in [0, 0.05) is 26.7 Å². The highest BCUT2D eigenvalue weighted by molar-refractivity contribution is 7.19. The number of fused-ring (bicyclic) bond motifs is 2. The summed E-state index contributed by atoms with van der Waals surface area (Å²) in [6.45, 7) is 1.87. The molecule has 3 heteroatoms. The quantitative estimate of drug-likeness (QED) is 0.555. The maximum Gasteiger partial charge on any atom is 0.122 e. The predicted molar refractivity (Wildman–Crippen MR) is 88.8 cm³/mol. The van der Waals surface area contributed by atoms with E-state index in [-0.39, 0.29) is 0 Å². The van der Waals surface area contributed by atoms with Crippen molar-refractivity contribution in [3.05, 3.63) is 71.2 Å². The average molecular weight is 293 g/mol. The van der Waals surface area contributed by atoms with Gasteiger partial charge in [-0.25, -0.2) is 0 Å². The third kappa shape index (κ3) is 1.89. The van der Waals surface area contributed by atoms with Gasteiger partial charge in [-0.15, -0.1) is 11.3 Å². The Balaban J connectivity index is 1.94. The average Bonchev–Trinajstić information content (AvgIpc) is 3.13. The fourth-order valence-corrected chi connectivity index (χ4v) is 3.99. The molecular formula is C18H15NOS. The maximum atomic E-state index is 11.2. The largest absolute Gasteiger partial charge is 0.380 e. The number of aromatic nitrogens is 1. The number of hydrogen-bond acceptors (Lipinski definition) is 2. The molecule has 0 saturated carbocycles. The molecular weight excluding hydrogens is 278 g/mol. The third-order valence-electron chi connectivity index (χ3n) is 4.02. The molecule has 2 nitrogen and oxygen atoms in total. The lowest BCUT2D eigenvalue weighted by Gasteiger charge is -2.23. The van der Waals surface area contributed by atoms with E-state index in [0.29, 0.717) is 0 Å². The van der Waals surface area contributed by atoms with Crippen LogP contribution in [0.3, 0.4) is 0 Å². The Morgan fingerprint density at radius 3 is 2.76 bits per heavy atom. The molecule has 0 aliphatic carbocycles. The number of thiophene rings is 1. The summed E-state index contributed by atoms with van der Waals surface area (Å²) in [6.07, 6.45) is 1.91. The molecule has 2 aromatic heterocycles. The summed E-state index contributed by atoms with van der Waals surface area (Å²) < 4.78 is 1.20. The van der Waals surface area contributed by atoms with Gasteiger partial charge in [-0.3, -0.25) is 0 Å². The summed E-state index contributed by atoms with van der Waals surface area (Å²) in [5.41, 5.74) is 0.993. The van der Waals surface area contributed by atoms with Gasteiger partial charge < -0.3 is 10.1 Å². The first-order valence-electron chi connectivity index (χ1n) is 6.94. The molecule has 0 aliphatic rings. The number of aromatic amines is 1. The maximum absolute atomic E-state index is 11.2. The van der Waals surface area contributed by atoms with Crippen molar-refractivity contribution in [2.75, 3.05) is 0 Å². The van der Waals surface area contributed by atoms with E-state index in [1.54, 1.807) is 11.3 Å². The zero-order chi connectivity index (χ0) is 14.4. The molecule has 4 rings (SSSR count). The molecule has 2 aromatic carbocycles. The molecule has 4 aromatic rings. The lowest BCUT2D eigenvalue weighted by atomic mass is 9.91. The van der Waals surface area contributed by atoms with Crippen molar-refractivity contribution in [3.8, 4) is 0 Å². The van der Waals surface area contributed by atoms with Gasteiger partial charge in [-0.05, 0) is 42.1 Å². The minimum Gasteiger partial charge on any atom is -0.380 e. The Morgan fingerprint density at radius 1 is 1.05 bits per heavy atom. The van der Waals surface area contributed by atoms with Crippen LogP contribution in [-0.2, 0) is 5.60 Å². The van der Waals surface area contributed by atoms with Crippen LogP contribution in [0.15, 0.2) is 60.8 Å². The van der Waals surface area contributed by atoms with Crippen LogP contribution in [0.25, 0.3) is 21.0 Å². The predicted octanol–water partition coefficient (Wildman–Crippen LogP) is 4.64. The van der Waals surface area contributed by atoms with E-state index in [2.05, 4.69) is 23.2 Å². The number of rotatable bonds is 2. The Labute approximate surface area is 126 Å². The normalized spacial score (nSPS) is 14.6. The van der Waals surface area contributed by atoms with E-state index in [1.165, 1.54) is 10.1 Å². The third-order valence-corrected chi connectivity index (χ3v) is 5.35. The number of aliphatic hydroxyl groups is 1. The van der Waals surface area contributed by atoms with Gasteiger partial charge in [0.25, 0.3) is 0 Å². The second-order valence-corrected chi connectivity index (χ2v) is 6.55. The van der Waals surface area contributed by atoms with Gasteiger partial charge in [0.1, 0.15) is 5.60 Å². The van der Waals surface area contributed by atoms with Crippen molar-refractivity contribution >= 4 is 32.3 Å². The van der Waals surface area contributed by atoms with Crippen molar-refractivity contribution in [1.29, 1.82) is 0 Å². The molecule has 2 N–H and O–H groups in total. The van der Waals surface area contributed by atoms with Gasteiger partial charge in [0.2, 0.25) is 0 Å². The lowest BCUT2D eigenvalue weighted by molar-refractivity contribution is 0.108. The highest BCUT2D eigenvalue weighted by Gasteiger charge is 2.29. The first kappa shape index (κ1) is 12.6. The Kier molecular flexibility index (Phi) is 2.67. The molecule has 0 spiro atoms. The van der Waals surface area contributed by atoms with Gasteiger partial charge >= 0.3 is 0 Å². The van der Waals surface area contributed by atoms with Crippen molar-refractivity contribution < 1.29 is 5.11 Å². The van der Waals surface area contributed by atoms with Gasteiger partial charge in [0.15, 0.2) is 0 Å². The molecule has 0 fully saturated rings. The zero-order valence-electron chi connectivity index (χ0n) is 11.6. The number of nitrogens with one attached hydrogen (secondary N) is 1. The molecule has 0 saturated heterocycles. The van der Waals surface area contributed by atoms with Crippen LogP contribution in [0.4, 0.5) is 0 Å². The molecule has 21 heavy (non-hydrogen) atoms. The molecule has 104 valence electrons. The smallest absolute Gasteiger partial charge is 0.122 e. The van der Waals surface area contributed by atoms with Crippen LogP contribution < -0.4 is 0 Å². The summed E-state index contributed by atoms with van der Waals surface area (Å²) in [6, 6.07) is 18.4. The first-order valence-corrected chi connectivity index (χ1v) is 7.76. The van der Waals surface area contributed by atoms with E-state index >= 15 is 0 Å². The molecule has 2 heterocycles. The number of benzene rings is 2. The molecule has 1 atom stereocenters. The van der Waals surface area contributed by atoms with E-state index in [1.807, 2.05) is 49.5 Å². The highest BCUT2D eigenvalue weighted by atomic mass is 32.1. The topological polar surface area (TPSA) is 36.0 Å². The van der Waals surface area contributed by atoms with Crippen LogP contribution in [0, 0.1) is 0 Å². The van der Waals surface area contributed by atoms with E-state index in [4.69, 9.17) is 0 Å². The first-order chi connectivity index (χ1) is 10.2. The summed E-state index contributed by atoms with van der Waals surface area (Å²) in [7, 11) is 0. The van der Waals surface area contributed by atoms with Crippen LogP contribution >= 0.6 is 11.3 Å². The minimum atomic E-state index is -0.995. The standard InChI is InChI=1S/C18H15NOS/c1-18(20,14-6-4-7-15-13(14)9-10-19-15)17-11-12-5-2-3-8-16(12)21-17/h2-11,19-20H,1H3. The molecule has 0 bridgehead atoms. The summed E-state index contributed by atoms with van der Waals surface area (Å²) in [5.74, 6) is 0. The van der Waals surface area contributed by atoms with Crippen LogP contribution in [0.1, 0.15) is 17.4 Å². The SMILES string of the molecule is CC(O)(c1cc2ccccc2s1)c1cccc2[nH]ccc12. The van der Waals surface area contributed by atoms with E-state index in [0.717, 1.165) is 21.3 Å². The summed E-state index contributed by atoms with van der Waals surface area (Å²) in [5, 5.41) is 13.4. The Hall–Kier alpha value is -2.10. The number of H-pyrrole nitrogens is 1. The highest BCUT2D eigenvalue weighted by Crippen LogP contribution is 2.39. The monoisotopic (exact) mass is 293 g/mol. The van der Waals surface area contributed by atoms with Crippen molar-refractivity contribution in [1.82, 2.24) is 4.98 Å². The molecule has 0 radical (unpaired) electrons. The van der Waals surface area contributed by atoms with Gasteiger partial charge in [-0.1, -0.05) is 30.3 Å². The van der Waals surface area contributed by atoms with Crippen LogP contribution in [0.2, 0.25) is 0 Å². The van der Waals surface area contributed by atoms with Crippen molar-refractivity contribution in [3.63, 3.8) is 0 Å².